The molecule has 2 aromatic carbocycles. The summed E-state index contributed by atoms with van der Waals surface area (Å²) in [5.74, 6) is 0. The van der Waals surface area contributed by atoms with E-state index in [4.69, 9.17) is 4.98 Å². The van der Waals surface area contributed by atoms with Crippen LogP contribution in [-0.4, -0.2) is 18.6 Å². The molecule has 0 aliphatic carbocycles. The minimum Gasteiger partial charge on any atom is -0.308 e. The van der Waals surface area contributed by atoms with Gasteiger partial charge in [0.15, 0.2) is 0 Å². The van der Waals surface area contributed by atoms with Crippen LogP contribution in [-0.2, 0) is 0 Å². The van der Waals surface area contributed by atoms with Gasteiger partial charge in [-0.25, -0.2) is 10.4 Å². The summed E-state index contributed by atoms with van der Waals surface area (Å²) in [5, 5.41) is 4.52. The van der Waals surface area contributed by atoms with Gasteiger partial charge in [0.1, 0.15) is 0 Å². The average molecular weight is 251 g/mol. The van der Waals surface area contributed by atoms with E-state index in [0.717, 1.165) is 17.6 Å². The molecule has 0 spiro atoms. The molecule has 0 bridgehead atoms. The Balaban J connectivity index is 2.45. The van der Waals surface area contributed by atoms with Gasteiger partial charge in [-0.1, -0.05) is 36.4 Å². The van der Waals surface area contributed by atoms with Gasteiger partial charge in [0.25, 0.3) is 0 Å². The fourth-order valence-electron chi connectivity index (χ4n) is 2.54. The first-order chi connectivity index (χ1) is 9.35. The lowest BCUT2D eigenvalue weighted by atomic mass is 10.1. The molecule has 3 nitrogen and oxygen atoms in total. The van der Waals surface area contributed by atoms with Crippen LogP contribution in [0.4, 0.5) is 5.69 Å². The minimum atomic E-state index is 0.897. The zero-order chi connectivity index (χ0) is 13.2. The van der Waals surface area contributed by atoms with Crippen molar-refractivity contribution >= 4 is 27.5 Å². The van der Waals surface area contributed by atoms with Crippen molar-refractivity contribution in [1.29, 1.82) is 0 Å². The van der Waals surface area contributed by atoms with Crippen LogP contribution in [0.25, 0.3) is 21.8 Å². The number of hydrogen-bond donors (Lipinski definition) is 1. The first-order valence-electron chi connectivity index (χ1n) is 6.57. The fourth-order valence-corrected chi connectivity index (χ4v) is 2.54. The predicted octanol–water partition coefficient (Wildman–Crippen LogP) is 3.35. The molecule has 3 rings (SSSR count). The summed E-state index contributed by atoms with van der Waals surface area (Å²) in [5.41, 5.74) is 6.52. The van der Waals surface area contributed by atoms with E-state index in [0.29, 0.717) is 0 Å². The van der Waals surface area contributed by atoms with Gasteiger partial charge in [-0.2, -0.15) is 0 Å². The quantitative estimate of drug-likeness (QED) is 0.571. The van der Waals surface area contributed by atoms with Gasteiger partial charge in [-0.05, 0) is 19.1 Å². The number of nitrogens with one attached hydrogen (secondary N) is 1. The Bertz CT molecular complexity index is 663. The number of rotatable bonds is 3. The lowest BCUT2D eigenvalue weighted by molar-refractivity contribution is 0.732. The number of benzene rings is 2. The molecule has 1 heterocycles. The number of hydrogen-bond acceptors (Lipinski definition) is 3. The molecule has 1 N–H and O–H groups in total. The molecule has 0 radical (unpaired) electrons. The summed E-state index contributed by atoms with van der Waals surface area (Å²) in [6.07, 6.45) is 0. The lowest BCUT2D eigenvalue weighted by Gasteiger charge is -2.24. The Morgan fingerprint density at radius 2 is 1.47 bits per heavy atom. The lowest BCUT2D eigenvalue weighted by Crippen LogP contribution is -2.35. The topological polar surface area (TPSA) is 28.2 Å². The molecule has 0 saturated carbocycles. The molecule has 96 valence electrons. The van der Waals surface area contributed by atoms with Crippen LogP contribution >= 0.6 is 0 Å². The number of pyridine rings is 1. The van der Waals surface area contributed by atoms with Gasteiger partial charge in [0, 0.05) is 24.4 Å². The summed E-state index contributed by atoms with van der Waals surface area (Å²) < 4.78 is 0. The third-order valence-electron chi connectivity index (χ3n) is 3.42. The van der Waals surface area contributed by atoms with Crippen LogP contribution in [0.5, 0.6) is 0 Å². The second-order valence-corrected chi connectivity index (χ2v) is 4.46. The third kappa shape index (κ3) is 1.92. The van der Waals surface area contributed by atoms with Crippen molar-refractivity contribution in [2.45, 2.75) is 6.92 Å². The van der Waals surface area contributed by atoms with Crippen molar-refractivity contribution in [3.63, 3.8) is 0 Å². The standard InChI is InChI=1S/C16H17N3/c1-3-19(17-2)16-12-8-4-6-10-14(12)18-15-11-7-5-9-13(15)16/h4-11,17H,3H2,1-2H3. The van der Waals surface area contributed by atoms with Gasteiger partial charge < -0.3 is 5.01 Å². The predicted molar refractivity (Wildman–Crippen MR) is 81.3 cm³/mol. The van der Waals surface area contributed by atoms with Gasteiger partial charge >= 0.3 is 0 Å². The van der Waals surface area contributed by atoms with E-state index >= 15 is 0 Å². The van der Waals surface area contributed by atoms with E-state index in [2.05, 4.69) is 53.8 Å². The highest BCUT2D eigenvalue weighted by atomic mass is 15.5. The number of fused-ring (bicyclic) bond motifs is 2. The van der Waals surface area contributed by atoms with Crippen LogP contribution in [0.15, 0.2) is 48.5 Å². The maximum Gasteiger partial charge on any atom is 0.0731 e. The van der Waals surface area contributed by atoms with E-state index in [-0.39, 0.29) is 0 Å². The first kappa shape index (κ1) is 11.9. The maximum absolute atomic E-state index is 4.73. The van der Waals surface area contributed by atoms with Crippen LogP contribution in [0.2, 0.25) is 0 Å². The number of hydrazine groups is 1. The summed E-state index contributed by atoms with van der Waals surface area (Å²) in [4.78, 5) is 4.73. The van der Waals surface area contributed by atoms with Gasteiger partial charge in [-0.15, -0.1) is 0 Å². The molecule has 0 aliphatic rings. The van der Waals surface area contributed by atoms with E-state index in [1.54, 1.807) is 0 Å². The molecule has 0 fully saturated rings. The molecular formula is C16H17N3. The molecule has 0 saturated heterocycles. The number of para-hydroxylation sites is 2. The second kappa shape index (κ2) is 4.86. The summed E-state index contributed by atoms with van der Waals surface area (Å²) in [7, 11) is 1.95. The van der Waals surface area contributed by atoms with Crippen LogP contribution in [0, 0.1) is 0 Å². The molecular weight excluding hydrogens is 234 g/mol. The fraction of sp³-hybridized carbons (Fsp3) is 0.188. The molecule has 0 aliphatic heterocycles. The Kier molecular flexibility index (Phi) is 3.05. The Morgan fingerprint density at radius 1 is 0.947 bits per heavy atom. The Hall–Kier alpha value is -2.13. The number of nitrogens with zero attached hydrogens (tertiary/aromatic N) is 2. The smallest absolute Gasteiger partial charge is 0.0731 e. The summed E-state index contributed by atoms with van der Waals surface area (Å²) in [6.45, 7) is 3.04. The molecule has 0 unspecified atom stereocenters. The highest BCUT2D eigenvalue weighted by Crippen LogP contribution is 2.32. The first-order valence-corrected chi connectivity index (χ1v) is 6.57. The molecule has 3 heteroatoms. The largest absolute Gasteiger partial charge is 0.308 e. The van der Waals surface area contributed by atoms with Crippen molar-refractivity contribution in [3.8, 4) is 0 Å². The van der Waals surface area contributed by atoms with Crippen LogP contribution in [0.3, 0.4) is 0 Å². The van der Waals surface area contributed by atoms with E-state index < -0.39 is 0 Å². The van der Waals surface area contributed by atoms with Crippen molar-refractivity contribution in [2.24, 2.45) is 0 Å². The SMILES string of the molecule is CCN(NC)c1c2ccccc2nc2ccccc12. The van der Waals surface area contributed by atoms with E-state index in [1.165, 1.54) is 16.5 Å². The van der Waals surface area contributed by atoms with Crippen molar-refractivity contribution in [3.05, 3.63) is 48.5 Å². The molecule has 0 amide bonds. The number of aromatic nitrogens is 1. The highest BCUT2D eigenvalue weighted by Gasteiger charge is 2.12. The summed E-state index contributed by atoms with van der Waals surface area (Å²) in [6, 6.07) is 16.6. The van der Waals surface area contributed by atoms with Gasteiger partial charge in [-0.3, -0.25) is 0 Å². The minimum absolute atomic E-state index is 0.897. The Labute approximate surface area is 112 Å². The summed E-state index contributed by atoms with van der Waals surface area (Å²) >= 11 is 0. The third-order valence-corrected chi connectivity index (χ3v) is 3.42. The average Bonchev–Trinajstić information content (AvgIpc) is 2.47. The molecule has 1 aromatic heterocycles. The highest BCUT2D eigenvalue weighted by molar-refractivity contribution is 6.07. The zero-order valence-corrected chi connectivity index (χ0v) is 11.2. The van der Waals surface area contributed by atoms with Crippen molar-refractivity contribution in [2.75, 3.05) is 18.6 Å². The molecule has 3 aromatic rings. The number of anilines is 1. The second-order valence-electron chi connectivity index (χ2n) is 4.46. The zero-order valence-electron chi connectivity index (χ0n) is 11.2. The molecule has 0 atom stereocenters. The monoisotopic (exact) mass is 251 g/mol. The van der Waals surface area contributed by atoms with E-state index in [9.17, 15) is 0 Å². The van der Waals surface area contributed by atoms with Crippen molar-refractivity contribution < 1.29 is 0 Å². The van der Waals surface area contributed by atoms with Crippen LogP contribution < -0.4 is 10.4 Å². The maximum atomic E-state index is 4.73. The van der Waals surface area contributed by atoms with Crippen molar-refractivity contribution in [1.82, 2.24) is 10.4 Å². The van der Waals surface area contributed by atoms with Gasteiger partial charge in [0.05, 0.1) is 16.7 Å². The van der Waals surface area contributed by atoms with E-state index in [1.807, 2.05) is 19.2 Å². The Morgan fingerprint density at radius 3 is 1.95 bits per heavy atom. The molecule has 19 heavy (non-hydrogen) atoms. The van der Waals surface area contributed by atoms with Gasteiger partial charge in [0.2, 0.25) is 0 Å². The normalized spacial score (nSPS) is 11.1. The van der Waals surface area contributed by atoms with Crippen LogP contribution in [0.1, 0.15) is 6.92 Å².